The highest BCUT2D eigenvalue weighted by Crippen LogP contribution is 2.32. The molecule has 0 spiro atoms. The Morgan fingerprint density at radius 2 is 1.88 bits per heavy atom. The molecule has 0 unspecified atom stereocenters. The SMILES string of the molecule is N#C/C(=C\c1cccc(C#N)c1)C(=O)Nc1ccc2c(c1)OCCO2. The quantitative estimate of drug-likeness (QED) is 0.689. The molecule has 1 amide bonds. The van der Waals surface area contributed by atoms with Gasteiger partial charge in [-0.15, -0.1) is 0 Å². The molecule has 1 aliphatic rings. The maximum atomic E-state index is 12.3. The minimum absolute atomic E-state index is 0.0648. The van der Waals surface area contributed by atoms with E-state index in [9.17, 15) is 10.1 Å². The molecular formula is C19H13N3O3. The Morgan fingerprint density at radius 1 is 1.08 bits per heavy atom. The van der Waals surface area contributed by atoms with E-state index in [0.29, 0.717) is 41.5 Å². The van der Waals surface area contributed by atoms with Gasteiger partial charge in [0.05, 0.1) is 11.6 Å². The van der Waals surface area contributed by atoms with Gasteiger partial charge in [0.2, 0.25) is 0 Å². The average Bonchev–Trinajstić information content (AvgIpc) is 2.66. The summed E-state index contributed by atoms with van der Waals surface area (Å²) >= 11 is 0. The summed E-state index contributed by atoms with van der Waals surface area (Å²) in [7, 11) is 0. The first-order chi connectivity index (χ1) is 12.2. The van der Waals surface area contributed by atoms with Crippen LogP contribution in [0.4, 0.5) is 5.69 Å². The molecule has 6 nitrogen and oxygen atoms in total. The number of nitrogens with zero attached hydrogens (tertiary/aromatic N) is 2. The summed E-state index contributed by atoms with van der Waals surface area (Å²) in [6, 6.07) is 15.6. The Hall–Kier alpha value is -3.77. The first-order valence-corrected chi connectivity index (χ1v) is 7.52. The van der Waals surface area contributed by atoms with Crippen LogP contribution in [0.1, 0.15) is 11.1 Å². The maximum Gasteiger partial charge on any atom is 0.266 e. The van der Waals surface area contributed by atoms with Crippen LogP contribution in [0, 0.1) is 22.7 Å². The molecule has 1 N–H and O–H groups in total. The number of amides is 1. The van der Waals surface area contributed by atoms with Crippen molar-refractivity contribution < 1.29 is 14.3 Å². The summed E-state index contributed by atoms with van der Waals surface area (Å²) in [5.74, 6) is 0.628. The van der Waals surface area contributed by atoms with E-state index in [-0.39, 0.29) is 5.57 Å². The van der Waals surface area contributed by atoms with Gasteiger partial charge in [-0.25, -0.2) is 0 Å². The van der Waals surface area contributed by atoms with Crippen LogP contribution in [0.25, 0.3) is 6.08 Å². The van der Waals surface area contributed by atoms with Gasteiger partial charge in [0.25, 0.3) is 5.91 Å². The molecule has 0 aromatic heterocycles. The molecular weight excluding hydrogens is 318 g/mol. The van der Waals surface area contributed by atoms with E-state index < -0.39 is 5.91 Å². The van der Waals surface area contributed by atoms with Crippen molar-refractivity contribution in [3.63, 3.8) is 0 Å². The van der Waals surface area contributed by atoms with Gasteiger partial charge in [0, 0.05) is 11.8 Å². The lowest BCUT2D eigenvalue weighted by atomic mass is 10.1. The molecule has 0 bridgehead atoms. The summed E-state index contributed by atoms with van der Waals surface area (Å²) in [5.41, 5.74) is 1.50. The normalized spacial score (nSPS) is 12.6. The van der Waals surface area contributed by atoms with Crippen molar-refractivity contribution in [1.29, 1.82) is 10.5 Å². The Morgan fingerprint density at radius 3 is 2.64 bits per heavy atom. The largest absolute Gasteiger partial charge is 0.486 e. The second-order valence-corrected chi connectivity index (χ2v) is 5.22. The smallest absolute Gasteiger partial charge is 0.266 e. The van der Waals surface area contributed by atoms with Gasteiger partial charge >= 0.3 is 0 Å². The third-order valence-electron chi connectivity index (χ3n) is 3.49. The number of anilines is 1. The van der Waals surface area contributed by atoms with E-state index in [1.807, 2.05) is 12.1 Å². The van der Waals surface area contributed by atoms with Crippen molar-refractivity contribution >= 4 is 17.7 Å². The highest BCUT2D eigenvalue weighted by atomic mass is 16.6. The van der Waals surface area contributed by atoms with E-state index in [1.165, 1.54) is 6.08 Å². The predicted octanol–water partition coefficient (Wildman–Crippen LogP) is 2.88. The zero-order valence-corrected chi connectivity index (χ0v) is 13.2. The van der Waals surface area contributed by atoms with Gasteiger partial charge < -0.3 is 14.8 Å². The molecule has 122 valence electrons. The number of rotatable bonds is 3. The van der Waals surface area contributed by atoms with Crippen molar-refractivity contribution in [3.05, 3.63) is 59.2 Å². The Bertz CT molecular complexity index is 936. The molecule has 6 heteroatoms. The van der Waals surface area contributed by atoms with Crippen LogP contribution in [0.5, 0.6) is 11.5 Å². The van der Waals surface area contributed by atoms with E-state index in [2.05, 4.69) is 5.32 Å². The molecule has 2 aromatic carbocycles. The molecule has 1 heterocycles. The number of benzene rings is 2. The van der Waals surface area contributed by atoms with Crippen molar-refractivity contribution in [3.8, 4) is 23.6 Å². The van der Waals surface area contributed by atoms with Crippen LogP contribution in [0.15, 0.2) is 48.0 Å². The van der Waals surface area contributed by atoms with Gasteiger partial charge in [0.15, 0.2) is 11.5 Å². The first-order valence-electron chi connectivity index (χ1n) is 7.52. The highest BCUT2D eigenvalue weighted by molar-refractivity contribution is 6.09. The summed E-state index contributed by atoms with van der Waals surface area (Å²) in [6.45, 7) is 0.935. The molecule has 0 radical (unpaired) electrons. The number of nitriles is 2. The zero-order valence-electron chi connectivity index (χ0n) is 13.2. The number of carbonyl (C=O) groups is 1. The first kappa shape index (κ1) is 16.1. The monoisotopic (exact) mass is 331 g/mol. The lowest BCUT2D eigenvalue weighted by molar-refractivity contribution is -0.112. The third-order valence-corrected chi connectivity index (χ3v) is 3.49. The molecule has 3 rings (SSSR count). The standard InChI is InChI=1S/C19H13N3O3/c20-11-14-3-1-2-13(8-14)9-15(12-21)19(23)22-16-4-5-17-18(10-16)25-7-6-24-17/h1-5,8-10H,6-7H2,(H,22,23)/b15-9+. The lowest BCUT2D eigenvalue weighted by Crippen LogP contribution is -2.17. The van der Waals surface area contributed by atoms with E-state index >= 15 is 0 Å². The third kappa shape index (κ3) is 3.77. The van der Waals surface area contributed by atoms with Crippen molar-refractivity contribution in [1.82, 2.24) is 0 Å². The fraction of sp³-hybridized carbons (Fsp3) is 0.105. The van der Waals surface area contributed by atoms with E-state index in [1.54, 1.807) is 42.5 Å². The van der Waals surface area contributed by atoms with Crippen molar-refractivity contribution in [2.75, 3.05) is 18.5 Å². The van der Waals surface area contributed by atoms with Crippen LogP contribution >= 0.6 is 0 Å². The van der Waals surface area contributed by atoms with Crippen LogP contribution in [-0.2, 0) is 4.79 Å². The Balaban J connectivity index is 1.80. The number of nitrogens with one attached hydrogen (secondary N) is 1. The average molecular weight is 331 g/mol. The zero-order chi connectivity index (χ0) is 17.6. The molecule has 1 aliphatic heterocycles. The van der Waals surface area contributed by atoms with Crippen molar-refractivity contribution in [2.45, 2.75) is 0 Å². The molecule has 0 fully saturated rings. The Labute approximate surface area is 144 Å². The second-order valence-electron chi connectivity index (χ2n) is 5.22. The molecule has 0 saturated heterocycles. The molecule has 0 atom stereocenters. The van der Waals surface area contributed by atoms with Crippen LogP contribution in [0.2, 0.25) is 0 Å². The van der Waals surface area contributed by atoms with Crippen molar-refractivity contribution in [2.24, 2.45) is 0 Å². The van der Waals surface area contributed by atoms with Gasteiger partial charge in [-0.2, -0.15) is 10.5 Å². The number of carbonyl (C=O) groups excluding carboxylic acids is 1. The molecule has 0 aliphatic carbocycles. The van der Waals surface area contributed by atoms with Crippen LogP contribution < -0.4 is 14.8 Å². The summed E-state index contributed by atoms with van der Waals surface area (Å²) in [6.07, 6.45) is 1.44. The highest BCUT2D eigenvalue weighted by Gasteiger charge is 2.14. The van der Waals surface area contributed by atoms with Crippen LogP contribution in [-0.4, -0.2) is 19.1 Å². The summed E-state index contributed by atoms with van der Waals surface area (Å²) < 4.78 is 10.9. The molecule has 2 aromatic rings. The lowest BCUT2D eigenvalue weighted by Gasteiger charge is -2.18. The number of hydrogen-bond acceptors (Lipinski definition) is 5. The van der Waals surface area contributed by atoms with Gasteiger partial charge in [-0.1, -0.05) is 12.1 Å². The minimum Gasteiger partial charge on any atom is -0.486 e. The fourth-order valence-corrected chi connectivity index (χ4v) is 2.33. The molecule has 25 heavy (non-hydrogen) atoms. The summed E-state index contributed by atoms with van der Waals surface area (Å²) in [4.78, 5) is 12.3. The number of fused-ring (bicyclic) bond motifs is 1. The Kier molecular flexibility index (Phi) is 4.64. The van der Waals surface area contributed by atoms with E-state index in [0.717, 1.165) is 0 Å². The van der Waals surface area contributed by atoms with Gasteiger partial charge in [-0.3, -0.25) is 4.79 Å². The summed E-state index contributed by atoms with van der Waals surface area (Å²) in [5, 5.41) is 20.8. The predicted molar refractivity (Wildman–Crippen MR) is 90.8 cm³/mol. The van der Waals surface area contributed by atoms with Crippen LogP contribution in [0.3, 0.4) is 0 Å². The number of hydrogen-bond donors (Lipinski definition) is 1. The number of ether oxygens (including phenoxy) is 2. The minimum atomic E-state index is -0.540. The van der Waals surface area contributed by atoms with Gasteiger partial charge in [-0.05, 0) is 35.9 Å². The maximum absolute atomic E-state index is 12.3. The second kappa shape index (κ2) is 7.20. The fourth-order valence-electron chi connectivity index (χ4n) is 2.33. The molecule has 0 saturated carbocycles. The van der Waals surface area contributed by atoms with E-state index in [4.69, 9.17) is 14.7 Å². The van der Waals surface area contributed by atoms with Gasteiger partial charge in [0.1, 0.15) is 24.9 Å². The topological polar surface area (TPSA) is 95.1 Å².